The quantitative estimate of drug-likeness (QED) is 0.814. The first-order valence-electron chi connectivity index (χ1n) is 5.55. The Morgan fingerprint density at radius 1 is 1.47 bits per heavy atom. The van der Waals surface area contributed by atoms with E-state index < -0.39 is 10.0 Å². The molecular weight excluding hydrogens is 260 g/mol. The molecule has 17 heavy (non-hydrogen) atoms. The van der Waals surface area contributed by atoms with Crippen molar-refractivity contribution in [2.24, 2.45) is 0 Å². The maximum absolute atomic E-state index is 12.2. The Morgan fingerprint density at radius 2 is 2.18 bits per heavy atom. The number of nitrogens with zero attached hydrogens (tertiary/aromatic N) is 2. The average Bonchev–Trinajstić information content (AvgIpc) is 2.71. The molecular formula is C10H18N2O3S2. The van der Waals surface area contributed by atoms with Gasteiger partial charge in [0.15, 0.2) is 4.21 Å². The van der Waals surface area contributed by atoms with Crippen molar-refractivity contribution in [1.82, 2.24) is 9.29 Å². The molecule has 1 aromatic rings. The smallest absolute Gasteiger partial charge is 0.254 e. The molecule has 98 valence electrons. The average molecular weight is 278 g/mol. The van der Waals surface area contributed by atoms with Gasteiger partial charge in [0.2, 0.25) is 0 Å². The van der Waals surface area contributed by atoms with Crippen LogP contribution in [0.4, 0.5) is 0 Å². The van der Waals surface area contributed by atoms with Gasteiger partial charge in [-0.15, -0.1) is 11.3 Å². The van der Waals surface area contributed by atoms with Gasteiger partial charge in [-0.05, 0) is 13.3 Å². The molecule has 0 bridgehead atoms. The van der Waals surface area contributed by atoms with E-state index in [0.717, 1.165) is 29.2 Å². The fourth-order valence-corrected chi connectivity index (χ4v) is 4.12. The van der Waals surface area contributed by atoms with Crippen LogP contribution in [0.1, 0.15) is 24.8 Å². The number of hydrogen-bond donors (Lipinski definition) is 1. The largest absolute Gasteiger partial charge is 0.395 e. The van der Waals surface area contributed by atoms with E-state index >= 15 is 0 Å². The number of hydrogen-bond acceptors (Lipinski definition) is 5. The summed E-state index contributed by atoms with van der Waals surface area (Å²) >= 11 is 1.16. The molecule has 0 radical (unpaired) electrons. The molecule has 5 nitrogen and oxygen atoms in total. The van der Waals surface area contributed by atoms with Gasteiger partial charge < -0.3 is 5.11 Å². The first-order valence-corrected chi connectivity index (χ1v) is 7.81. The predicted molar refractivity (Wildman–Crippen MR) is 67.6 cm³/mol. The molecule has 1 heterocycles. The zero-order valence-electron chi connectivity index (χ0n) is 10.1. The van der Waals surface area contributed by atoms with Crippen LogP contribution in [0.2, 0.25) is 0 Å². The number of aliphatic hydroxyl groups excluding tert-OH is 1. The topological polar surface area (TPSA) is 70.5 Å². The molecule has 1 N–H and O–H groups in total. The first kappa shape index (κ1) is 14.6. The summed E-state index contributed by atoms with van der Waals surface area (Å²) in [6.07, 6.45) is 3.09. The molecule has 0 amide bonds. The maximum atomic E-state index is 12.2. The molecule has 1 rings (SSSR count). The molecule has 1 aromatic heterocycles. The first-order chi connectivity index (χ1) is 8.02. The molecule has 0 aliphatic carbocycles. The van der Waals surface area contributed by atoms with Crippen LogP contribution < -0.4 is 0 Å². The van der Waals surface area contributed by atoms with Gasteiger partial charge in [-0.25, -0.2) is 13.4 Å². The van der Waals surface area contributed by atoms with Gasteiger partial charge in [0.05, 0.1) is 17.8 Å². The van der Waals surface area contributed by atoms with Crippen LogP contribution in [0.3, 0.4) is 0 Å². The van der Waals surface area contributed by atoms with Gasteiger partial charge in [-0.3, -0.25) is 0 Å². The fraction of sp³-hybridized carbons (Fsp3) is 0.700. The predicted octanol–water partition coefficient (Wildman–Crippen LogP) is 1.23. The summed E-state index contributed by atoms with van der Waals surface area (Å²) in [4.78, 5) is 3.96. The van der Waals surface area contributed by atoms with Crippen molar-refractivity contribution in [2.75, 3.05) is 19.7 Å². The van der Waals surface area contributed by atoms with Crippen LogP contribution in [0.5, 0.6) is 0 Å². The summed E-state index contributed by atoms with van der Waals surface area (Å²) in [5.41, 5.74) is 0. The van der Waals surface area contributed by atoms with E-state index in [1.165, 1.54) is 10.5 Å². The van der Waals surface area contributed by atoms with E-state index in [1.807, 2.05) is 6.92 Å². The normalized spacial score (nSPS) is 12.2. The number of rotatable bonds is 7. The highest BCUT2D eigenvalue weighted by Crippen LogP contribution is 2.22. The third-order valence-electron chi connectivity index (χ3n) is 2.30. The monoisotopic (exact) mass is 278 g/mol. The Labute approximate surface area is 106 Å². The number of unbranched alkanes of at least 4 members (excludes halogenated alkanes) is 1. The van der Waals surface area contributed by atoms with Crippen LogP contribution >= 0.6 is 11.3 Å². The van der Waals surface area contributed by atoms with E-state index in [-0.39, 0.29) is 17.4 Å². The molecule has 0 saturated heterocycles. The zero-order valence-corrected chi connectivity index (χ0v) is 11.7. The number of aliphatic hydroxyl groups is 1. The van der Waals surface area contributed by atoms with E-state index in [2.05, 4.69) is 4.98 Å². The lowest BCUT2D eigenvalue weighted by Crippen LogP contribution is -2.34. The lowest BCUT2D eigenvalue weighted by molar-refractivity contribution is 0.252. The minimum Gasteiger partial charge on any atom is -0.395 e. The van der Waals surface area contributed by atoms with Crippen LogP contribution in [-0.2, 0) is 10.0 Å². The second-order valence-electron chi connectivity index (χ2n) is 3.68. The SMILES string of the molecule is CCCCN(CCO)S(=O)(=O)c1cnc(C)s1. The molecule has 0 atom stereocenters. The van der Waals surface area contributed by atoms with E-state index in [0.29, 0.717) is 6.54 Å². The highest BCUT2D eigenvalue weighted by Gasteiger charge is 2.25. The number of aryl methyl sites for hydroxylation is 1. The minimum absolute atomic E-state index is 0.138. The number of sulfonamides is 1. The Bertz CT molecular complexity index is 442. The second kappa shape index (κ2) is 6.44. The van der Waals surface area contributed by atoms with Crippen LogP contribution in [0.15, 0.2) is 10.4 Å². The molecule has 0 unspecified atom stereocenters. The van der Waals surface area contributed by atoms with Crippen molar-refractivity contribution in [3.63, 3.8) is 0 Å². The van der Waals surface area contributed by atoms with E-state index in [9.17, 15) is 8.42 Å². The Balaban J connectivity index is 2.91. The number of aromatic nitrogens is 1. The summed E-state index contributed by atoms with van der Waals surface area (Å²) in [6.45, 7) is 4.18. The van der Waals surface area contributed by atoms with Crippen molar-refractivity contribution < 1.29 is 13.5 Å². The fourth-order valence-electron chi connectivity index (χ4n) is 1.39. The van der Waals surface area contributed by atoms with Crippen molar-refractivity contribution in [3.05, 3.63) is 11.2 Å². The summed E-state index contributed by atoms with van der Waals surface area (Å²) in [5, 5.41) is 9.66. The Kier molecular flexibility index (Phi) is 5.51. The zero-order chi connectivity index (χ0) is 12.9. The van der Waals surface area contributed by atoms with E-state index in [1.54, 1.807) is 6.92 Å². The van der Waals surface area contributed by atoms with Crippen molar-refractivity contribution in [2.45, 2.75) is 30.9 Å². The van der Waals surface area contributed by atoms with Gasteiger partial charge in [0, 0.05) is 13.1 Å². The Morgan fingerprint density at radius 3 is 2.65 bits per heavy atom. The van der Waals surface area contributed by atoms with Gasteiger partial charge in [0.1, 0.15) is 0 Å². The van der Waals surface area contributed by atoms with Crippen molar-refractivity contribution in [3.8, 4) is 0 Å². The minimum atomic E-state index is -3.49. The summed E-state index contributed by atoms with van der Waals surface area (Å²) in [7, 11) is -3.49. The Hall–Kier alpha value is -0.500. The second-order valence-corrected chi connectivity index (χ2v) is 7.08. The van der Waals surface area contributed by atoms with Crippen LogP contribution in [0, 0.1) is 6.92 Å². The molecule has 0 fully saturated rings. The highest BCUT2D eigenvalue weighted by molar-refractivity contribution is 7.91. The standard InChI is InChI=1S/C10H18N2O3S2/c1-3-4-5-12(6-7-13)17(14,15)10-8-11-9(2)16-10/h8,13H,3-7H2,1-2H3. The maximum Gasteiger partial charge on any atom is 0.254 e. The van der Waals surface area contributed by atoms with Crippen molar-refractivity contribution in [1.29, 1.82) is 0 Å². The summed E-state index contributed by atoms with van der Waals surface area (Å²) in [6, 6.07) is 0. The third kappa shape index (κ3) is 3.74. The molecule has 0 spiro atoms. The molecule has 0 saturated carbocycles. The summed E-state index contributed by atoms with van der Waals surface area (Å²) < 4.78 is 26.0. The lowest BCUT2D eigenvalue weighted by atomic mass is 10.3. The summed E-state index contributed by atoms with van der Waals surface area (Å²) in [5.74, 6) is 0. The molecule has 7 heteroatoms. The van der Waals surface area contributed by atoms with E-state index in [4.69, 9.17) is 5.11 Å². The van der Waals surface area contributed by atoms with Gasteiger partial charge in [-0.2, -0.15) is 4.31 Å². The number of thiazole rings is 1. The third-order valence-corrected chi connectivity index (χ3v) is 5.55. The lowest BCUT2D eigenvalue weighted by Gasteiger charge is -2.19. The molecule has 0 aliphatic heterocycles. The molecule has 0 aliphatic rings. The van der Waals surface area contributed by atoms with Gasteiger partial charge >= 0.3 is 0 Å². The van der Waals surface area contributed by atoms with Crippen LogP contribution in [0.25, 0.3) is 0 Å². The van der Waals surface area contributed by atoms with Crippen molar-refractivity contribution >= 4 is 21.4 Å². The van der Waals surface area contributed by atoms with Crippen LogP contribution in [-0.4, -0.2) is 42.5 Å². The highest BCUT2D eigenvalue weighted by atomic mass is 32.2. The molecule has 0 aromatic carbocycles. The van der Waals surface area contributed by atoms with Gasteiger partial charge in [-0.1, -0.05) is 13.3 Å². The van der Waals surface area contributed by atoms with Gasteiger partial charge in [0.25, 0.3) is 10.0 Å².